The highest BCUT2D eigenvalue weighted by Crippen LogP contribution is 2.19. The number of esters is 1. The van der Waals surface area contributed by atoms with Gasteiger partial charge in [-0.05, 0) is 36.5 Å². The van der Waals surface area contributed by atoms with Crippen LogP contribution in [0.4, 0.5) is 0 Å². The van der Waals surface area contributed by atoms with Gasteiger partial charge in [-0.1, -0.05) is 38.1 Å². The average Bonchev–Trinajstić information content (AvgIpc) is 2.78. The van der Waals surface area contributed by atoms with Crippen LogP contribution in [0.15, 0.2) is 36.4 Å². The third-order valence-electron chi connectivity index (χ3n) is 5.15. The van der Waals surface area contributed by atoms with Crippen LogP contribution in [0.2, 0.25) is 5.82 Å². The zero-order chi connectivity index (χ0) is 23.5. The van der Waals surface area contributed by atoms with Gasteiger partial charge >= 0.3 is 5.97 Å². The number of rotatable bonds is 5. The summed E-state index contributed by atoms with van der Waals surface area (Å²) in [5.74, 6) is -1.43. The number of carbonyl (C=O) groups is 3. The predicted molar refractivity (Wildman–Crippen MR) is 121 cm³/mol. The number of hydrogen-bond acceptors (Lipinski definition) is 7. The van der Waals surface area contributed by atoms with Crippen LogP contribution in [0.25, 0.3) is 0 Å². The fourth-order valence-electron chi connectivity index (χ4n) is 3.31. The van der Waals surface area contributed by atoms with Crippen LogP contribution in [0, 0.1) is 5.92 Å². The van der Waals surface area contributed by atoms with Gasteiger partial charge in [0.25, 0.3) is 7.48 Å². The molecule has 1 aromatic carbocycles. The van der Waals surface area contributed by atoms with Crippen LogP contribution in [-0.4, -0.2) is 57.8 Å². The molecule has 3 rings (SSSR count). The van der Waals surface area contributed by atoms with Crippen molar-refractivity contribution < 1.29 is 28.5 Å². The lowest BCUT2D eigenvalue weighted by atomic mass is 9.75. The number of fused-ring (bicyclic) bond motifs is 13. The molecule has 0 fully saturated rings. The topological polar surface area (TPSA) is 129 Å². The molecule has 1 aromatic rings. The smallest absolute Gasteiger partial charge is 0.328 e. The maximum absolute atomic E-state index is 13.1. The van der Waals surface area contributed by atoms with E-state index < -0.39 is 29.8 Å². The van der Waals surface area contributed by atoms with Crippen LogP contribution < -0.4 is 21.1 Å². The molecule has 2 heterocycles. The summed E-state index contributed by atoms with van der Waals surface area (Å²) in [6.07, 6.45) is 4.16. The van der Waals surface area contributed by atoms with Crippen molar-refractivity contribution in [1.29, 1.82) is 0 Å². The summed E-state index contributed by atoms with van der Waals surface area (Å²) >= 11 is 0. The molecule has 4 N–H and O–H groups in total. The standard InChI is InChI=1S/C22H32BN3O6/c1-14(2)19-21(28)25-18(22(29)30-3)6-4-5-11-31-16-9-7-15(8-10-16)12-17(20(27)26-19)23-32-13-24/h4-5,7-10,14,17-19,23H,6,11-13,24H2,1-3H3,(H,25,28)(H,26,27)/b5-4-/t17-,18-,19-/m0/s1. The molecular formula is C22H32BN3O6. The van der Waals surface area contributed by atoms with E-state index in [4.69, 9.17) is 19.9 Å². The molecule has 32 heavy (non-hydrogen) atoms. The minimum atomic E-state index is -0.882. The van der Waals surface area contributed by atoms with Gasteiger partial charge in [0.2, 0.25) is 11.8 Å². The molecule has 2 aliphatic rings. The average molecular weight is 445 g/mol. The van der Waals surface area contributed by atoms with Crippen LogP contribution in [0.1, 0.15) is 25.8 Å². The maximum atomic E-state index is 13.1. The van der Waals surface area contributed by atoms with Gasteiger partial charge in [0, 0.05) is 5.82 Å². The lowest BCUT2D eigenvalue weighted by Gasteiger charge is -2.26. The van der Waals surface area contributed by atoms with Gasteiger partial charge in [0.15, 0.2) is 0 Å². The van der Waals surface area contributed by atoms with Gasteiger partial charge in [-0.15, -0.1) is 0 Å². The first kappa shape index (κ1) is 25.4. The van der Waals surface area contributed by atoms with Gasteiger partial charge in [-0.25, -0.2) is 4.79 Å². The molecule has 0 unspecified atom stereocenters. The largest absolute Gasteiger partial charge is 0.490 e. The zero-order valence-corrected chi connectivity index (χ0v) is 18.8. The molecule has 0 aromatic heterocycles. The van der Waals surface area contributed by atoms with Crippen molar-refractivity contribution in [3.63, 3.8) is 0 Å². The Balaban J connectivity index is 2.33. The second kappa shape index (κ2) is 12.9. The first-order chi connectivity index (χ1) is 15.3. The Labute approximate surface area is 189 Å². The van der Waals surface area contributed by atoms with Gasteiger partial charge in [-0.3, -0.25) is 9.59 Å². The zero-order valence-electron chi connectivity index (χ0n) is 18.8. The predicted octanol–water partition coefficient (Wildman–Crippen LogP) is 0.439. The van der Waals surface area contributed by atoms with E-state index in [-0.39, 0.29) is 32.5 Å². The first-order valence-electron chi connectivity index (χ1n) is 10.7. The summed E-state index contributed by atoms with van der Waals surface area (Å²) in [4.78, 5) is 38.2. The molecule has 0 aliphatic carbocycles. The SMILES string of the molecule is COC(=O)[C@@H]1C/C=C\COc2ccc(cc2)C[C@H](BOCN)C(=O)N[C@@H](C(C)C)C(=O)N1. The Morgan fingerprint density at radius 3 is 2.53 bits per heavy atom. The van der Waals surface area contributed by atoms with E-state index in [1.54, 1.807) is 12.2 Å². The summed E-state index contributed by atoms with van der Waals surface area (Å²) in [5, 5.41) is 5.52. The van der Waals surface area contributed by atoms with Gasteiger partial charge in [0.05, 0.1) is 13.8 Å². The summed E-state index contributed by atoms with van der Waals surface area (Å²) < 4.78 is 15.8. The highest BCUT2D eigenvalue weighted by Gasteiger charge is 2.31. The van der Waals surface area contributed by atoms with Crippen LogP contribution in [-0.2, 0) is 30.2 Å². The Bertz CT molecular complexity index is 799. The summed E-state index contributed by atoms with van der Waals surface area (Å²) in [6, 6.07) is 5.73. The number of nitrogens with two attached hydrogens (primary N) is 1. The molecule has 0 saturated carbocycles. The number of methoxy groups -OCH3 is 1. The fourth-order valence-corrected chi connectivity index (χ4v) is 3.31. The van der Waals surface area contributed by atoms with Crippen molar-refractivity contribution >= 4 is 25.3 Å². The number of ether oxygens (including phenoxy) is 2. The Hall–Kier alpha value is -2.85. The van der Waals surface area contributed by atoms with Gasteiger partial charge in [0.1, 0.15) is 24.4 Å². The van der Waals surface area contributed by atoms with E-state index in [1.807, 2.05) is 38.1 Å². The van der Waals surface area contributed by atoms with Crippen molar-refractivity contribution in [1.82, 2.24) is 10.6 Å². The highest BCUT2D eigenvalue weighted by molar-refractivity contribution is 6.37. The molecule has 0 saturated heterocycles. The summed E-state index contributed by atoms with van der Waals surface area (Å²) in [7, 11) is 1.37. The quantitative estimate of drug-likeness (QED) is 0.260. The second-order valence-corrected chi connectivity index (χ2v) is 7.92. The van der Waals surface area contributed by atoms with E-state index in [0.717, 1.165) is 5.56 Å². The van der Waals surface area contributed by atoms with Gasteiger partial charge < -0.3 is 30.5 Å². The molecule has 2 amide bonds. The molecule has 0 radical (unpaired) electrons. The maximum Gasteiger partial charge on any atom is 0.328 e. The van der Waals surface area contributed by atoms with Crippen LogP contribution in [0.3, 0.4) is 0 Å². The minimum absolute atomic E-state index is 0.0154. The lowest BCUT2D eigenvalue weighted by molar-refractivity contribution is -0.145. The fraction of sp³-hybridized carbons (Fsp3) is 0.500. The van der Waals surface area contributed by atoms with E-state index in [1.165, 1.54) is 7.11 Å². The Kier molecular flexibility index (Phi) is 10.2. The molecule has 3 atom stereocenters. The minimum Gasteiger partial charge on any atom is -0.490 e. The van der Waals surface area contributed by atoms with Crippen molar-refractivity contribution in [3.05, 3.63) is 42.0 Å². The van der Waals surface area contributed by atoms with E-state index in [9.17, 15) is 14.4 Å². The van der Waals surface area contributed by atoms with E-state index in [0.29, 0.717) is 18.8 Å². The van der Waals surface area contributed by atoms with Crippen molar-refractivity contribution in [2.45, 2.75) is 44.6 Å². The normalized spacial score (nSPS) is 23.5. The summed E-state index contributed by atoms with van der Waals surface area (Å²) in [6.45, 7) is 3.93. The molecule has 9 nitrogen and oxygen atoms in total. The molecule has 0 spiro atoms. The van der Waals surface area contributed by atoms with Gasteiger partial charge in [-0.2, -0.15) is 0 Å². The number of benzene rings is 1. The first-order valence-corrected chi connectivity index (χ1v) is 10.7. The highest BCUT2D eigenvalue weighted by atomic mass is 16.5. The number of nitrogens with one attached hydrogen (secondary N) is 2. The number of hydrogen-bond donors (Lipinski definition) is 3. The third kappa shape index (κ3) is 7.69. The summed E-state index contributed by atoms with van der Waals surface area (Å²) in [5.41, 5.74) is 6.38. The Morgan fingerprint density at radius 1 is 1.19 bits per heavy atom. The van der Waals surface area contributed by atoms with Crippen molar-refractivity contribution in [2.75, 3.05) is 20.4 Å². The molecular weight excluding hydrogens is 413 g/mol. The van der Waals surface area contributed by atoms with E-state index in [2.05, 4.69) is 10.6 Å². The molecule has 2 bridgehead atoms. The monoisotopic (exact) mass is 445 g/mol. The van der Waals surface area contributed by atoms with E-state index >= 15 is 0 Å². The third-order valence-corrected chi connectivity index (χ3v) is 5.15. The Morgan fingerprint density at radius 2 is 1.91 bits per heavy atom. The van der Waals surface area contributed by atoms with Crippen molar-refractivity contribution in [3.8, 4) is 5.75 Å². The van der Waals surface area contributed by atoms with Crippen LogP contribution in [0.5, 0.6) is 5.75 Å². The van der Waals surface area contributed by atoms with Crippen LogP contribution >= 0.6 is 0 Å². The van der Waals surface area contributed by atoms with Crippen molar-refractivity contribution in [2.24, 2.45) is 11.7 Å². The second-order valence-electron chi connectivity index (χ2n) is 7.92. The number of amides is 2. The molecule has 10 heteroatoms. The number of carbonyl (C=O) groups excluding carboxylic acids is 3. The molecule has 2 aliphatic heterocycles. The molecule has 174 valence electrons. The lowest BCUT2D eigenvalue weighted by Crippen LogP contribution is -2.54.